The lowest BCUT2D eigenvalue weighted by atomic mass is 9.93. The highest BCUT2D eigenvalue weighted by molar-refractivity contribution is 7.99. The number of nitrogens with zero attached hydrogens (tertiary/aromatic N) is 1. The molecule has 2 rings (SSSR count). The van der Waals surface area contributed by atoms with Crippen LogP contribution in [0, 0.1) is 17.1 Å². The quantitative estimate of drug-likeness (QED) is 0.821. The maximum Gasteiger partial charge on any atom is 0.141 e. The maximum atomic E-state index is 13.2. The van der Waals surface area contributed by atoms with Gasteiger partial charge in [0.2, 0.25) is 0 Å². The molecule has 21 heavy (non-hydrogen) atoms. The molecular weight excluding hydrogens is 283 g/mol. The molecule has 0 aromatic heterocycles. The number of hydrogen-bond donors (Lipinski definition) is 1. The summed E-state index contributed by atoms with van der Waals surface area (Å²) in [7, 11) is 0. The molecule has 0 amide bonds. The number of rotatable bonds is 6. The first kappa shape index (κ1) is 15.6. The molecule has 0 fully saturated rings. The van der Waals surface area contributed by atoms with Crippen LogP contribution in [-0.4, -0.2) is 12.3 Å². The SMILES string of the molecule is CCNC(C#N)(CSc1cccc(F)c1)c1ccccc1. The molecule has 2 aromatic carbocycles. The highest BCUT2D eigenvalue weighted by atomic mass is 32.2. The molecule has 0 radical (unpaired) electrons. The van der Waals surface area contributed by atoms with E-state index in [4.69, 9.17) is 0 Å². The fourth-order valence-corrected chi connectivity index (χ4v) is 3.23. The Balaban J connectivity index is 2.23. The molecule has 1 unspecified atom stereocenters. The molecule has 1 atom stereocenters. The van der Waals surface area contributed by atoms with Crippen molar-refractivity contribution in [2.45, 2.75) is 17.4 Å². The Kier molecular flexibility index (Phi) is 5.38. The number of halogens is 1. The van der Waals surface area contributed by atoms with E-state index in [1.54, 1.807) is 6.07 Å². The van der Waals surface area contributed by atoms with E-state index in [2.05, 4.69) is 11.4 Å². The normalized spacial score (nSPS) is 13.4. The molecule has 0 spiro atoms. The summed E-state index contributed by atoms with van der Waals surface area (Å²) in [6.45, 7) is 2.66. The van der Waals surface area contributed by atoms with Gasteiger partial charge >= 0.3 is 0 Å². The van der Waals surface area contributed by atoms with Crippen LogP contribution in [0.25, 0.3) is 0 Å². The zero-order valence-corrected chi connectivity index (χ0v) is 12.7. The van der Waals surface area contributed by atoms with E-state index in [1.807, 2.05) is 43.3 Å². The lowest BCUT2D eigenvalue weighted by Crippen LogP contribution is -2.43. The molecule has 2 nitrogen and oxygen atoms in total. The molecule has 108 valence electrons. The Morgan fingerprint density at radius 1 is 1.19 bits per heavy atom. The molecule has 1 N–H and O–H groups in total. The minimum Gasteiger partial charge on any atom is -0.295 e. The first-order valence-corrected chi connectivity index (χ1v) is 7.79. The summed E-state index contributed by atoms with van der Waals surface area (Å²) in [5.74, 6) is 0.260. The van der Waals surface area contributed by atoms with Crippen LogP contribution in [0.2, 0.25) is 0 Å². The van der Waals surface area contributed by atoms with E-state index in [9.17, 15) is 9.65 Å². The van der Waals surface area contributed by atoms with Gasteiger partial charge in [0.1, 0.15) is 11.4 Å². The Hall–Kier alpha value is -1.83. The maximum absolute atomic E-state index is 13.2. The molecule has 0 aliphatic rings. The van der Waals surface area contributed by atoms with Gasteiger partial charge in [0.15, 0.2) is 0 Å². The number of benzene rings is 2. The van der Waals surface area contributed by atoms with Crippen molar-refractivity contribution in [1.29, 1.82) is 5.26 Å². The molecule has 4 heteroatoms. The van der Waals surface area contributed by atoms with Crippen molar-refractivity contribution in [3.05, 3.63) is 66.0 Å². The van der Waals surface area contributed by atoms with Gasteiger partial charge in [0, 0.05) is 10.6 Å². The fourth-order valence-electron chi connectivity index (χ4n) is 2.15. The van der Waals surface area contributed by atoms with Crippen molar-refractivity contribution in [1.82, 2.24) is 5.32 Å². The van der Waals surface area contributed by atoms with Crippen LogP contribution in [0.5, 0.6) is 0 Å². The minimum absolute atomic E-state index is 0.259. The Morgan fingerprint density at radius 2 is 1.95 bits per heavy atom. The van der Waals surface area contributed by atoms with Crippen molar-refractivity contribution >= 4 is 11.8 Å². The van der Waals surface area contributed by atoms with Crippen LogP contribution >= 0.6 is 11.8 Å². The predicted molar refractivity (Wildman–Crippen MR) is 84.5 cm³/mol. The average Bonchev–Trinajstić information content (AvgIpc) is 2.52. The Bertz CT molecular complexity index is 624. The van der Waals surface area contributed by atoms with Crippen molar-refractivity contribution in [3.63, 3.8) is 0 Å². The Morgan fingerprint density at radius 3 is 2.57 bits per heavy atom. The van der Waals surface area contributed by atoms with Crippen LogP contribution in [0.4, 0.5) is 4.39 Å². The van der Waals surface area contributed by atoms with Crippen LogP contribution in [-0.2, 0) is 5.54 Å². The van der Waals surface area contributed by atoms with Gasteiger partial charge in [0.05, 0.1) is 6.07 Å². The van der Waals surface area contributed by atoms with Crippen molar-refractivity contribution in [2.24, 2.45) is 0 Å². The van der Waals surface area contributed by atoms with Crippen molar-refractivity contribution < 1.29 is 4.39 Å². The predicted octanol–water partition coefficient (Wildman–Crippen LogP) is 3.95. The van der Waals surface area contributed by atoms with Gasteiger partial charge in [-0.15, -0.1) is 11.8 Å². The van der Waals surface area contributed by atoms with Gasteiger partial charge in [-0.3, -0.25) is 5.32 Å². The second-order valence-corrected chi connectivity index (χ2v) is 5.71. The van der Waals surface area contributed by atoms with Gasteiger partial charge < -0.3 is 0 Å². The standard InChI is InChI=1S/C17H17FN2S/c1-2-20-17(12-19,14-7-4-3-5-8-14)13-21-16-10-6-9-15(18)11-16/h3-11,20H,2,13H2,1H3. The second kappa shape index (κ2) is 7.26. The smallest absolute Gasteiger partial charge is 0.141 e. The van der Waals surface area contributed by atoms with Crippen molar-refractivity contribution in [2.75, 3.05) is 12.3 Å². The van der Waals surface area contributed by atoms with E-state index >= 15 is 0 Å². The van der Waals surface area contributed by atoms with E-state index < -0.39 is 5.54 Å². The first-order valence-electron chi connectivity index (χ1n) is 6.80. The second-order valence-electron chi connectivity index (χ2n) is 4.66. The molecule has 0 bridgehead atoms. The zero-order chi connectivity index (χ0) is 15.1. The van der Waals surface area contributed by atoms with Gasteiger partial charge in [0.25, 0.3) is 0 Å². The molecule has 0 aliphatic heterocycles. The fraction of sp³-hybridized carbons (Fsp3) is 0.235. The monoisotopic (exact) mass is 300 g/mol. The lowest BCUT2D eigenvalue weighted by Gasteiger charge is -2.27. The van der Waals surface area contributed by atoms with E-state index in [-0.39, 0.29) is 5.82 Å². The molecule has 2 aromatic rings. The largest absolute Gasteiger partial charge is 0.295 e. The summed E-state index contributed by atoms with van der Waals surface area (Å²) < 4.78 is 13.2. The summed E-state index contributed by atoms with van der Waals surface area (Å²) in [6.07, 6.45) is 0. The van der Waals surface area contributed by atoms with Crippen LogP contribution < -0.4 is 5.32 Å². The average molecular weight is 300 g/mol. The topological polar surface area (TPSA) is 35.8 Å². The number of thioether (sulfide) groups is 1. The molecular formula is C17H17FN2S. The summed E-state index contributed by atoms with van der Waals surface area (Å²) in [5.41, 5.74) is 0.158. The summed E-state index contributed by atoms with van der Waals surface area (Å²) >= 11 is 1.48. The Labute approximate surface area is 129 Å². The number of hydrogen-bond acceptors (Lipinski definition) is 3. The van der Waals surface area contributed by atoms with Gasteiger partial charge in [-0.25, -0.2) is 4.39 Å². The highest BCUT2D eigenvalue weighted by Gasteiger charge is 2.31. The first-order chi connectivity index (χ1) is 10.2. The van der Waals surface area contributed by atoms with Crippen LogP contribution in [0.1, 0.15) is 12.5 Å². The van der Waals surface area contributed by atoms with E-state index in [0.29, 0.717) is 12.3 Å². The molecule has 0 saturated carbocycles. The number of nitrogens with one attached hydrogen (secondary N) is 1. The van der Waals surface area contributed by atoms with E-state index in [0.717, 1.165) is 10.5 Å². The molecule has 0 heterocycles. The highest BCUT2D eigenvalue weighted by Crippen LogP contribution is 2.29. The third kappa shape index (κ3) is 3.84. The van der Waals surface area contributed by atoms with Crippen LogP contribution in [0.15, 0.2) is 59.5 Å². The van der Waals surface area contributed by atoms with Gasteiger partial charge in [-0.05, 0) is 30.3 Å². The van der Waals surface area contributed by atoms with Gasteiger partial charge in [-0.1, -0.05) is 43.3 Å². The third-order valence-corrected chi connectivity index (χ3v) is 4.35. The minimum atomic E-state index is -0.771. The third-order valence-electron chi connectivity index (χ3n) is 3.19. The molecule has 0 saturated heterocycles. The molecule has 0 aliphatic carbocycles. The summed E-state index contributed by atoms with van der Waals surface area (Å²) in [4.78, 5) is 0.823. The van der Waals surface area contributed by atoms with E-state index in [1.165, 1.54) is 23.9 Å². The summed E-state index contributed by atoms with van der Waals surface area (Å²) in [5, 5.41) is 13.0. The van der Waals surface area contributed by atoms with Gasteiger partial charge in [-0.2, -0.15) is 5.26 Å². The van der Waals surface area contributed by atoms with Crippen LogP contribution in [0.3, 0.4) is 0 Å². The van der Waals surface area contributed by atoms with Crippen molar-refractivity contribution in [3.8, 4) is 6.07 Å². The summed E-state index contributed by atoms with van der Waals surface area (Å²) in [6, 6.07) is 18.5. The zero-order valence-electron chi connectivity index (χ0n) is 11.8. The lowest BCUT2D eigenvalue weighted by molar-refractivity contribution is 0.490. The number of nitriles is 1.